The lowest BCUT2D eigenvalue weighted by molar-refractivity contribution is -0.121. The van der Waals surface area contributed by atoms with Crippen molar-refractivity contribution in [2.24, 2.45) is 0 Å². The molecule has 7 nitrogen and oxygen atoms in total. The van der Waals surface area contributed by atoms with Gasteiger partial charge in [-0.3, -0.25) is 4.79 Å². The minimum atomic E-state index is -3.54. The molecule has 8 heteroatoms. The van der Waals surface area contributed by atoms with E-state index in [1.165, 1.54) is 4.31 Å². The number of carbonyl (C=O) groups is 1. The summed E-state index contributed by atoms with van der Waals surface area (Å²) in [5, 5.41) is 2.93. The fraction of sp³-hybridized carbons (Fsp3) is 0.391. The van der Waals surface area contributed by atoms with Gasteiger partial charge in [0, 0.05) is 39.0 Å². The Labute approximate surface area is 184 Å². The van der Waals surface area contributed by atoms with Gasteiger partial charge in [-0.2, -0.15) is 4.31 Å². The van der Waals surface area contributed by atoms with E-state index in [4.69, 9.17) is 0 Å². The van der Waals surface area contributed by atoms with Crippen molar-refractivity contribution in [2.75, 3.05) is 13.1 Å². The van der Waals surface area contributed by atoms with Gasteiger partial charge in [0.1, 0.15) is 5.82 Å². The molecule has 2 aromatic carbocycles. The van der Waals surface area contributed by atoms with Gasteiger partial charge in [0.15, 0.2) is 0 Å². The summed E-state index contributed by atoms with van der Waals surface area (Å²) >= 11 is 0. The Balaban J connectivity index is 1.76. The van der Waals surface area contributed by atoms with E-state index in [2.05, 4.69) is 10.3 Å². The van der Waals surface area contributed by atoms with Crippen LogP contribution in [0.4, 0.5) is 0 Å². The second-order valence-electron chi connectivity index (χ2n) is 7.27. The summed E-state index contributed by atoms with van der Waals surface area (Å²) in [5.41, 5.74) is 2.56. The van der Waals surface area contributed by atoms with Gasteiger partial charge < -0.3 is 9.88 Å². The minimum absolute atomic E-state index is 0.0386. The van der Waals surface area contributed by atoms with Crippen LogP contribution in [0.2, 0.25) is 0 Å². The Morgan fingerprint density at radius 3 is 2.42 bits per heavy atom. The van der Waals surface area contributed by atoms with Crippen LogP contribution in [-0.2, 0) is 34.3 Å². The van der Waals surface area contributed by atoms with Crippen LogP contribution in [-0.4, -0.2) is 41.3 Å². The van der Waals surface area contributed by atoms with Gasteiger partial charge in [0.05, 0.1) is 15.9 Å². The lowest BCUT2D eigenvalue weighted by Crippen LogP contribution is -2.30. The van der Waals surface area contributed by atoms with Crippen LogP contribution in [0, 0.1) is 0 Å². The average Bonchev–Trinajstić information content (AvgIpc) is 3.14. The molecular weight excluding hydrogens is 412 g/mol. The third-order valence-electron chi connectivity index (χ3n) is 5.37. The first-order chi connectivity index (χ1) is 14.9. The van der Waals surface area contributed by atoms with Gasteiger partial charge in [-0.05, 0) is 30.7 Å². The first-order valence-electron chi connectivity index (χ1n) is 10.7. The van der Waals surface area contributed by atoms with Crippen LogP contribution in [0.5, 0.6) is 0 Å². The number of aromatic nitrogens is 2. The Morgan fingerprint density at radius 2 is 1.77 bits per heavy atom. The maximum atomic E-state index is 12.8. The van der Waals surface area contributed by atoms with Gasteiger partial charge in [0.2, 0.25) is 15.9 Å². The molecule has 0 fully saturated rings. The van der Waals surface area contributed by atoms with E-state index in [9.17, 15) is 13.2 Å². The summed E-state index contributed by atoms with van der Waals surface area (Å²) < 4.78 is 29.2. The Kier molecular flexibility index (Phi) is 7.46. The molecule has 1 aromatic heterocycles. The minimum Gasteiger partial charge on any atom is -0.352 e. The maximum absolute atomic E-state index is 12.8. The molecule has 0 saturated heterocycles. The van der Waals surface area contributed by atoms with Crippen molar-refractivity contribution in [2.45, 2.75) is 51.6 Å². The number of nitrogens with zero attached hydrogens (tertiary/aromatic N) is 3. The smallest absolute Gasteiger partial charge is 0.243 e. The largest absolute Gasteiger partial charge is 0.352 e. The van der Waals surface area contributed by atoms with E-state index >= 15 is 0 Å². The van der Waals surface area contributed by atoms with Crippen molar-refractivity contribution in [3.63, 3.8) is 0 Å². The van der Waals surface area contributed by atoms with Crippen LogP contribution >= 0.6 is 0 Å². The molecule has 0 unspecified atom stereocenters. The van der Waals surface area contributed by atoms with Crippen LogP contribution in [0.3, 0.4) is 0 Å². The van der Waals surface area contributed by atoms with Gasteiger partial charge in [-0.1, -0.05) is 44.2 Å². The van der Waals surface area contributed by atoms with E-state index in [1.807, 2.05) is 55.7 Å². The summed E-state index contributed by atoms with van der Waals surface area (Å²) in [6.45, 7) is 7.70. The topological polar surface area (TPSA) is 84.3 Å². The fourth-order valence-corrected chi connectivity index (χ4v) is 5.17. The third-order valence-corrected chi connectivity index (χ3v) is 7.41. The zero-order valence-corrected chi connectivity index (χ0v) is 19.2. The van der Waals surface area contributed by atoms with E-state index in [0.29, 0.717) is 44.5 Å². The third kappa shape index (κ3) is 5.14. The van der Waals surface area contributed by atoms with Crippen LogP contribution in [0.15, 0.2) is 53.4 Å². The number of benzene rings is 2. The first kappa shape index (κ1) is 23.0. The predicted molar refractivity (Wildman–Crippen MR) is 122 cm³/mol. The molecule has 0 radical (unpaired) electrons. The van der Waals surface area contributed by atoms with Gasteiger partial charge in [0.25, 0.3) is 0 Å². The van der Waals surface area contributed by atoms with Crippen LogP contribution < -0.4 is 5.32 Å². The number of rotatable bonds is 10. The summed E-state index contributed by atoms with van der Waals surface area (Å²) in [4.78, 5) is 17.2. The number of amides is 1. The number of imidazole rings is 1. The molecule has 0 aliphatic rings. The molecule has 3 rings (SSSR count). The summed E-state index contributed by atoms with van der Waals surface area (Å²) in [6, 6.07) is 14.9. The van der Waals surface area contributed by atoms with E-state index in [-0.39, 0.29) is 10.8 Å². The molecule has 1 N–H and O–H groups in total. The van der Waals surface area contributed by atoms with Gasteiger partial charge in [-0.25, -0.2) is 13.4 Å². The highest BCUT2D eigenvalue weighted by atomic mass is 32.2. The molecule has 0 aliphatic heterocycles. The van der Waals surface area contributed by atoms with Gasteiger partial charge in [-0.15, -0.1) is 0 Å². The first-order valence-corrected chi connectivity index (χ1v) is 12.1. The predicted octanol–water partition coefficient (Wildman–Crippen LogP) is 3.34. The number of hydrogen-bond donors (Lipinski definition) is 1. The lowest BCUT2D eigenvalue weighted by atomic mass is 10.2. The highest BCUT2D eigenvalue weighted by Gasteiger charge is 2.23. The number of carbonyl (C=O) groups excluding carboxylic acids is 1. The highest BCUT2D eigenvalue weighted by molar-refractivity contribution is 7.89. The molecule has 0 spiro atoms. The fourth-order valence-electron chi connectivity index (χ4n) is 3.69. The van der Waals surface area contributed by atoms with Crippen molar-refractivity contribution >= 4 is 27.0 Å². The average molecular weight is 443 g/mol. The molecular formula is C23H30N4O3S. The molecule has 0 saturated carbocycles. The number of fused-ring (bicyclic) bond motifs is 1. The molecule has 166 valence electrons. The van der Waals surface area contributed by atoms with Crippen molar-refractivity contribution in [3.05, 3.63) is 59.9 Å². The van der Waals surface area contributed by atoms with E-state index in [0.717, 1.165) is 16.9 Å². The second-order valence-corrected chi connectivity index (χ2v) is 9.21. The standard InChI is InChI=1S/C23H30N4O3S/c1-4-26(5-2)31(29,30)19-12-13-21-20(16-19)25-22(27(21)6-3)14-15-23(28)24-17-18-10-8-7-9-11-18/h7-13,16H,4-6,14-15,17H2,1-3H3,(H,24,28). The molecule has 31 heavy (non-hydrogen) atoms. The molecule has 1 amide bonds. The van der Waals surface area contributed by atoms with Crippen molar-refractivity contribution in [1.29, 1.82) is 0 Å². The van der Waals surface area contributed by atoms with Gasteiger partial charge >= 0.3 is 0 Å². The van der Waals surface area contributed by atoms with E-state index < -0.39 is 10.0 Å². The molecule has 1 heterocycles. The number of sulfonamides is 1. The summed E-state index contributed by atoms with van der Waals surface area (Å²) in [6.07, 6.45) is 0.808. The monoisotopic (exact) mass is 442 g/mol. The molecule has 3 aromatic rings. The second kappa shape index (κ2) is 10.1. The Bertz CT molecular complexity index is 1140. The Hall–Kier alpha value is -2.71. The number of hydrogen-bond acceptors (Lipinski definition) is 4. The summed E-state index contributed by atoms with van der Waals surface area (Å²) in [7, 11) is -3.54. The van der Waals surface area contributed by atoms with Crippen molar-refractivity contribution in [1.82, 2.24) is 19.2 Å². The maximum Gasteiger partial charge on any atom is 0.243 e. The zero-order chi connectivity index (χ0) is 22.4. The molecule has 0 atom stereocenters. The summed E-state index contributed by atoms with van der Waals surface area (Å²) in [5.74, 6) is 0.744. The highest BCUT2D eigenvalue weighted by Crippen LogP contribution is 2.23. The quantitative estimate of drug-likeness (QED) is 0.522. The number of nitrogens with one attached hydrogen (secondary N) is 1. The molecule has 0 aliphatic carbocycles. The van der Waals surface area contributed by atoms with Crippen molar-refractivity contribution < 1.29 is 13.2 Å². The Morgan fingerprint density at radius 1 is 1.06 bits per heavy atom. The van der Waals surface area contributed by atoms with Crippen LogP contribution in [0.1, 0.15) is 38.6 Å². The van der Waals surface area contributed by atoms with Crippen molar-refractivity contribution in [3.8, 4) is 0 Å². The molecule has 0 bridgehead atoms. The normalized spacial score (nSPS) is 11.9. The SMILES string of the molecule is CCN(CC)S(=O)(=O)c1ccc2c(c1)nc(CCC(=O)NCc1ccccc1)n2CC. The van der Waals surface area contributed by atoms with E-state index in [1.54, 1.807) is 18.2 Å². The number of aryl methyl sites for hydroxylation is 2. The lowest BCUT2D eigenvalue weighted by Gasteiger charge is -2.18. The zero-order valence-electron chi connectivity index (χ0n) is 18.3. The van der Waals surface area contributed by atoms with Crippen LogP contribution in [0.25, 0.3) is 11.0 Å².